The van der Waals surface area contributed by atoms with E-state index in [2.05, 4.69) is 31.8 Å². The standard InChI is InChI=1S/C20H19NO3S/c1-20(2,3)15-6-4-5-7-17(15)24-14-10-8-13(9-11-14)18-21-16(12-25-18)19(22)23/h4-12H,1-3H3,(H,22,23). The third kappa shape index (κ3) is 3.88. The van der Waals surface area contributed by atoms with Crippen LogP contribution < -0.4 is 4.74 Å². The smallest absolute Gasteiger partial charge is 0.355 e. The minimum atomic E-state index is -1.01. The molecule has 0 aliphatic rings. The fourth-order valence-electron chi connectivity index (χ4n) is 2.47. The molecule has 1 aromatic heterocycles. The Morgan fingerprint density at radius 2 is 1.76 bits per heavy atom. The highest BCUT2D eigenvalue weighted by atomic mass is 32.1. The van der Waals surface area contributed by atoms with Gasteiger partial charge in [0.15, 0.2) is 5.69 Å². The number of benzene rings is 2. The minimum Gasteiger partial charge on any atom is -0.476 e. The van der Waals surface area contributed by atoms with Gasteiger partial charge < -0.3 is 9.84 Å². The van der Waals surface area contributed by atoms with Crippen molar-refractivity contribution in [2.24, 2.45) is 0 Å². The summed E-state index contributed by atoms with van der Waals surface area (Å²) < 4.78 is 6.06. The van der Waals surface area contributed by atoms with Crippen molar-refractivity contribution in [3.63, 3.8) is 0 Å². The van der Waals surface area contributed by atoms with Crippen molar-refractivity contribution in [2.75, 3.05) is 0 Å². The zero-order valence-corrected chi connectivity index (χ0v) is 15.1. The maximum Gasteiger partial charge on any atom is 0.355 e. The van der Waals surface area contributed by atoms with Gasteiger partial charge >= 0.3 is 5.97 Å². The molecule has 1 N–H and O–H groups in total. The van der Waals surface area contributed by atoms with E-state index in [4.69, 9.17) is 9.84 Å². The third-order valence-corrected chi connectivity index (χ3v) is 4.64. The molecule has 1 heterocycles. The molecule has 3 aromatic rings. The third-order valence-electron chi connectivity index (χ3n) is 3.75. The second kappa shape index (κ2) is 6.69. The van der Waals surface area contributed by atoms with E-state index in [1.807, 2.05) is 42.5 Å². The Kier molecular flexibility index (Phi) is 4.59. The second-order valence-corrected chi connectivity index (χ2v) is 7.57. The van der Waals surface area contributed by atoms with Crippen LogP contribution in [0.15, 0.2) is 53.9 Å². The Balaban J connectivity index is 1.83. The Morgan fingerprint density at radius 3 is 2.36 bits per heavy atom. The molecule has 0 aliphatic carbocycles. The lowest BCUT2D eigenvalue weighted by Gasteiger charge is -2.22. The summed E-state index contributed by atoms with van der Waals surface area (Å²) >= 11 is 1.31. The molecule has 128 valence electrons. The number of carbonyl (C=O) groups is 1. The number of aromatic nitrogens is 1. The SMILES string of the molecule is CC(C)(C)c1ccccc1Oc1ccc(-c2nc(C(=O)O)cs2)cc1. The second-order valence-electron chi connectivity index (χ2n) is 6.72. The Hall–Kier alpha value is -2.66. The number of nitrogens with zero attached hydrogens (tertiary/aromatic N) is 1. The summed E-state index contributed by atoms with van der Waals surface area (Å²) in [6, 6.07) is 15.5. The van der Waals surface area contributed by atoms with Crippen molar-refractivity contribution in [3.8, 4) is 22.1 Å². The summed E-state index contributed by atoms with van der Waals surface area (Å²) in [4.78, 5) is 15.1. The van der Waals surface area contributed by atoms with Crippen LogP contribution in [0.4, 0.5) is 0 Å². The number of ether oxygens (including phenoxy) is 1. The van der Waals surface area contributed by atoms with Gasteiger partial charge in [0.1, 0.15) is 16.5 Å². The normalized spacial score (nSPS) is 11.3. The van der Waals surface area contributed by atoms with E-state index in [0.29, 0.717) is 5.01 Å². The van der Waals surface area contributed by atoms with Gasteiger partial charge in [0.25, 0.3) is 0 Å². The van der Waals surface area contributed by atoms with Gasteiger partial charge in [-0.25, -0.2) is 9.78 Å². The molecule has 25 heavy (non-hydrogen) atoms. The van der Waals surface area contributed by atoms with Crippen molar-refractivity contribution in [1.82, 2.24) is 4.98 Å². The largest absolute Gasteiger partial charge is 0.476 e. The molecular formula is C20H19NO3S. The molecule has 0 spiro atoms. The summed E-state index contributed by atoms with van der Waals surface area (Å²) in [5.74, 6) is 0.557. The topological polar surface area (TPSA) is 59.4 Å². The van der Waals surface area contributed by atoms with Crippen LogP contribution in [0.1, 0.15) is 36.8 Å². The summed E-state index contributed by atoms with van der Waals surface area (Å²) in [6.45, 7) is 6.46. The van der Waals surface area contributed by atoms with Gasteiger partial charge in [-0.05, 0) is 35.7 Å². The molecular weight excluding hydrogens is 334 g/mol. The molecule has 0 fully saturated rings. The molecule has 5 heteroatoms. The quantitative estimate of drug-likeness (QED) is 0.663. The van der Waals surface area contributed by atoms with Crippen molar-refractivity contribution >= 4 is 17.3 Å². The monoisotopic (exact) mass is 353 g/mol. The molecule has 0 atom stereocenters. The lowest BCUT2D eigenvalue weighted by Crippen LogP contribution is -2.12. The molecule has 4 nitrogen and oxygen atoms in total. The van der Waals surface area contributed by atoms with Gasteiger partial charge in [-0.2, -0.15) is 0 Å². The molecule has 0 unspecified atom stereocenters. The van der Waals surface area contributed by atoms with Crippen LogP contribution in [-0.4, -0.2) is 16.1 Å². The van der Waals surface area contributed by atoms with E-state index in [0.717, 1.165) is 22.6 Å². The zero-order chi connectivity index (χ0) is 18.0. The summed E-state index contributed by atoms with van der Waals surface area (Å²) in [5.41, 5.74) is 2.07. The fraction of sp³-hybridized carbons (Fsp3) is 0.200. The van der Waals surface area contributed by atoms with E-state index in [1.165, 1.54) is 11.3 Å². The van der Waals surface area contributed by atoms with Crippen LogP contribution >= 0.6 is 11.3 Å². The first-order valence-electron chi connectivity index (χ1n) is 7.91. The number of rotatable bonds is 4. The van der Waals surface area contributed by atoms with Gasteiger partial charge in [-0.1, -0.05) is 39.0 Å². The zero-order valence-electron chi connectivity index (χ0n) is 14.3. The van der Waals surface area contributed by atoms with Crippen molar-refractivity contribution < 1.29 is 14.6 Å². The average molecular weight is 353 g/mol. The Bertz CT molecular complexity index is 892. The molecule has 3 rings (SSSR count). The van der Waals surface area contributed by atoms with Crippen LogP contribution in [0.3, 0.4) is 0 Å². The molecule has 0 radical (unpaired) electrons. The van der Waals surface area contributed by atoms with Crippen LogP contribution in [0.25, 0.3) is 10.6 Å². The maximum absolute atomic E-state index is 10.9. The predicted octanol–water partition coefficient (Wildman–Crippen LogP) is 5.60. The van der Waals surface area contributed by atoms with E-state index in [1.54, 1.807) is 5.38 Å². The Labute approximate surface area is 150 Å². The van der Waals surface area contributed by atoms with Crippen LogP contribution in [0.5, 0.6) is 11.5 Å². The van der Waals surface area contributed by atoms with Crippen molar-refractivity contribution in [2.45, 2.75) is 26.2 Å². The van der Waals surface area contributed by atoms with Crippen LogP contribution in [0, 0.1) is 0 Å². The van der Waals surface area contributed by atoms with Gasteiger partial charge in [-0.3, -0.25) is 0 Å². The molecule has 2 aromatic carbocycles. The summed E-state index contributed by atoms with van der Waals surface area (Å²) in [6.07, 6.45) is 0. The molecule has 0 amide bonds. The number of carboxylic acid groups (broad SMARTS) is 1. The number of hydrogen-bond donors (Lipinski definition) is 1. The lowest BCUT2D eigenvalue weighted by molar-refractivity contribution is 0.0691. The van der Waals surface area contributed by atoms with E-state index in [-0.39, 0.29) is 11.1 Å². The van der Waals surface area contributed by atoms with E-state index in [9.17, 15) is 4.79 Å². The molecule has 0 aliphatic heterocycles. The number of carboxylic acids is 1. The highest BCUT2D eigenvalue weighted by molar-refractivity contribution is 7.13. The van der Waals surface area contributed by atoms with Crippen LogP contribution in [-0.2, 0) is 5.41 Å². The van der Waals surface area contributed by atoms with Gasteiger partial charge in [-0.15, -0.1) is 11.3 Å². The number of para-hydroxylation sites is 1. The number of hydrogen-bond acceptors (Lipinski definition) is 4. The highest BCUT2D eigenvalue weighted by Crippen LogP contribution is 2.34. The maximum atomic E-state index is 10.9. The van der Waals surface area contributed by atoms with Gasteiger partial charge in [0, 0.05) is 16.5 Å². The lowest BCUT2D eigenvalue weighted by atomic mass is 9.86. The average Bonchev–Trinajstić information content (AvgIpc) is 3.05. The number of aromatic carboxylic acids is 1. The van der Waals surface area contributed by atoms with E-state index < -0.39 is 5.97 Å². The Morgan fingerprint density at radius 1 is 1.08 bits per heavy atom. The van der Waals surface area contributed by atoms with Gasteiger partial charge in [0.2, 0.25) is 0 Å². The summed E-state index contributed by atoms with van der Waals surface area (Å²) in [5, 5.41) is 11.2. The highest BCUT2D eigenvalue weighted by Gasteiger charge is 2.18. The molecule has 0 saturated heterocycles. The van der Waals surface area contributed by atoms with Gasteiger partial charge in [0.05, 0.1) is 0 Å². The first-order valence-corrected chi connectivity index (χ1v) is 8.79. The first kappa shape index (κ1) is 17.2. The number of thiazole rings is 1. The van der Waals surface area contributed by atoms with E-state index >= 15 is 0 Å². The molecule has 0 saturated carbocycles. The van der Waals surface area contributed by atoms with Crippen LogP contribution in [0.2, 0.25) is 0 Å². The predicted molar refractivity (Wildman–Crippen MR) is 99.7 cm³/mol. The van der Waals surface area contributed by atoms with Crippen molar-refractivity contribution in [1.29, 1.82) is 0 Å². The summed E-state index contributed by atoms with van der Waals surface area (Å²) in [7, 11) is 0. The van der Waals surface area contributed by atoms with Crippen molar-refractivity contribution in [3.05, 3.63) is 65.2 Å². The first-order chi connectivity index (χ1) is 11.8. The molecule has 0 bridgehead atoms. The minimum absolute atomic E-state index is 0.00927. The fourth-order valence-corrected chi connectivity index (χ4v) is 3.27.